The maximum atomic E-state index is 13.1. The monoisotopic (exact) mass is 269 g/mol. The minimum Gasteiger partial charge on any atom is -0.373 e. The molecule has 0 aromatic heterocycles. The maximum absolute atomic E-state index is 13.1. The van der Waals surface area contributed by atoms with E-state index in [1.807, 2.05) is 0 Å². The zero-order valence-electron chi connectivity index (χ0n) is 10.2. The van der Waals surface area contributed by atoms with Gasteiger partial charge in [0.2, 0.25) is 0 Å². The Labute approximate surface area is 111 Å². The van der Waals surface area contributed by atoms with E-state index in [2.05, 4.69) is 5.32 Å². The van der Waals surface area contributed by atoms with Crippen molar-refractivity contribution in [1.82, 2.24) is 5.32 Å². The molecule has 0 amide bonds. The summed E-state index contributed by atoms with van der Waals surface area (Å²) in [6.07, 6.45) is 4.91. The highest BCUT2D eigenvalue weighted by molar-refractivity contribution is 6.31. The van der Waals surface area contributed by atoms with Crippen molar-refractivity contribution in [3.05, 3.63) is 34.6 Å². The molecular formula is C14H17ClFNO. The van der Waals surface area contributed by atoms with Crippen molar-refractivity contribution in [3.8, 4) is 0 Å². The molecule has 2 saturated heterocycles. The van der Waals surface area contributed by atoms with Gasteiger partial charge in [-0.05, 0) is 49.4 Å². The second-order valence-corrected chi connectivity index (χ2v) is 5.69. The van der Waals surface area contributed by atoms with Gasteiger partial charge >= 0.3 is 0 Å². The molecule has 0 radical (unpaired) electrons. The average Bonchev–Trinajstić information content (AvgIpc) is 2.70. The summed E-state index contributed by atoms with van der Waals surface area (Å²) in [6, 6.07) is 5.63. The molecule has 98 valence electrons. The molecule has 2 aliphatic heterocycles. The summed E-state index contributed by atoms with van der Waals surface area (Å²) in [5.74, 6) is -0.261. The highest BCUT2D eigenvalue weighted by Gasteiger charge is 2.33. The molecule has 2 aliphatic rings. The van der Waals surface area contributed by atoms with E-state index in [1.165, 1.54) is 25.0 Å². The van der Waals surface area contributed by atoms with Crippen LogP contribution < -0.4 is 5.32 Å². The molecule has 2 atom stereocenters. The summed E-state index contributed by atoms with van der Waals surface area (Å²) in [4.78, 5) is 0. The Bertz CT molecular complexity index is 428. The first-order valence-electron chi connectivity index (χ1n) is 6.52. The number of nitrogens with one attached hydrogen (secondary N) is 1. The van der Waals surface area contributed by atoms with Crippen molar-refractivity contribution in [3.63, 3.8) is 0 Å². The van der Waals surface area contributed by atoms with E-state index < -0.39 is 0 Å². The van der Waals surface area contributed by atoms with Gasteiger partial charge in [-0.1, -0.05) is 11.6 Å². The number of hydrogen-bond acceptors (Lipinski definition) is 2. The molecule has 2 fully saturated rings. The largest absolute Gasteiger partial charge is 0.373 e. The van der Waals surface area contributed by atoms with E-state index in [0.717, 1.165) is 18.4 Å². The number of halogens is 2. The molecule has 1 aromatic rings. The van der Waals surface area contributed by atoms with E-state index in [0.29, 0.717) is 23.7 Å². The fourth-order valence-electron chi connectivity index (χ4n) is 3.00. The SMILES string of the molecule is Fc1ccc(Cl)c(COC2CC3CCC(C2)N3)c1. The topological polar surface area (TPSA) is 21.3 Å². The summed E-state index contributed by atoms with van der Waals surface area (Å²) in [5, 5.41) is 4.15. The lowest BCUT2D eigenvalue weighted by Crippen LogP contribution is -2.41. The van der Waals surface area contributed by atoms with Crippen LogP contribution in [0.5, 0.6) is 0 Å². The van der Waals surface area contributed by atoms with Crippen LogP contribution in [0.4, 0.5) is 4.39 Å². The molecular weight excluding hydrogens is 253 g/mol. The highest BCUT2D eigenvalue weighted by Crippen LogP contribution is 2.29. The van der Waals surface area contributed by atoms with Gasteiger partial charge in [0.1, 0.15) is 5.82 Å². The van der Waals surface area contributed by atoms with Crippen LogP contribution in [0.1, 0.15) is 31.2 Å². The Morgan fingerprint density at radius 2 is 2.00 bits per heavy atom. The van der Waals surface area contributed by atoms with Gasteiger partial charge in [0.25, 0.3) is 0 Å². The van der Waals surface area contributed by atoms with E-state index in [1.54, 1.807) is 6.07 Å². The van der Waals surface area contributed by atoms with Crippen molar-refractivity contribution >= 4 is 11.6 Å². The second kappa shape index (κ2) is 5.16. The van der Waals surface area contributed by atoms with E-state index in [-0.39, 0.29) is 11.9 Å². The number of fused-ring (bicyclic) bond motifs is 2. The lowest BCUT2D eigenvalue weighted by molar-refractivity contribution is 0.00911. The van der Waals surface area contributed by atoms with Gasteiger partial charge in [-0.25, -0.2) is 4.39 Å². The molecule has 0 saturated carbocycles. The minimum atomic E-state index is -0.261. The molecule has 2 heterocycles. The van der Waals surface area contributed by atoms with Crippen LogP contribution in [0.15, 0.2) is 18.2 Å². The molecule has 2 bridgehead atoms. The number of hydrogen-bond donors (Lipinski definition) is 1. The molecule has 1 aromatic carbocycles. The van der Waals surface area contributed by atoms with Crippen molar-refractivity contribution in [2.75, 3.05) is 0 Å². The predicted octanol–water partition coefficient (Wildman–Crippen LogP) is 3.28. The van der Waals surface area contributed by atoms with Crippen molar-refractivity contribution < 1.29 is 9.13 Å². The fourth-order valence-corrected chi connectivity index (χ4v) is 3.17. The number of rotatable bonds is 3. The summed E-state index contributed by atoms with van der Waals surface area (Å²) >= 11 is 6.02. The summed E-state index contributed by atoms with van der Waals surface area (Å²) < 4.78 is 19.0. The summed E-state index contributed by atoms with van der Waals surface area (Å²) in [6.45, 7) is 0.403. The zero-order valence-corrected chi connectivity index (χ0v) is 10.9. The van der Waals surface area contributed by atoms with Gasteiger partial charge in [-0.15, -0.1) is 0 Å². The summed E-state index contributed by atoms with van der Waals surface area (Å²) in [7, 11) is 0. The third kappa shape index (κ3) is 2.68. The zero-order chi connectivity index (χ0) is 12.5. The Kier molecular flexibility index (Phi) is 3.55. The number of benzene rings is 1. The number of ether oxygens (including phenoxy) is 1. The smallest absolute Gasteiger partial charge is 0.123 e. The molecule has 2 nitrogen and oxygen atoms in total. The standard InChI is InChI=1S/C14H17ClFNO/c15-14-4-1-10(16)5-9(14)8-18-13-6-11-2-3-12(7-13)17-11/h1,4-5,11-13,17H,2-3,6-8H2. The fraction of sp³-hybridized carbons (Fsp3) is 0.571. The molecule has 18 heavy (non-hydrogen) atoms. The summed E-state index contributed by atoms with van der Waals surface area (Å²) in [5.41, 5.74) is 0.738. The van der Waals surface area contributed by atoms with Crippen LogP contribution in [-0.2, 0) is 11.3 Å². The van der Waals surface area contributed by atoms with Crippen molar-refractivity contribution in [2.24, 2.45) is 0 Å². The Balaban J connectivity index is 1.59. The Morgan fingerprint density at radius 1 is 1.28 bits per heavy atom. The first kappa shape index (κ1) is 12.4. The Hall–Kier alpha value is -0.640. The first-order chi connectivity index (χ1) is 8.70. The molecule has 0 aliphatic carbocycles. The molecule has 1 N–H and O–H groups in total. The van der Waals surface area contributed by atoms with Crippen molar-refractivity contribution in [1.29, 1.82) is 0 Å². The van der Waals surface area contributed by atoms with Crippen molar-refractivity contribution in [2.45, 2.75) is 50.5 Å². The van der Waals surface area contributed by atoms with Gasteiger partial charge in [0, 0.05) is 17.1 Å². The quantitative estimate of drug-likeness (QED) is 0.909. The van der Waals surface area contributed by atoms with E-state index >= 15 is 0 Å². The minimum absolute atomic E-state index is 0.261. The van der Waals surface area contributed by atoms with E-state index in [9.17, 15) is 4.39 Å². The van der Waals surface area contributed by atoms with Gasteiger partial charge in [-0.3, -0.25) is 0 Å². The normalized spacial score (nSPS) is 30.7. The third-order valence-electron chi connectivity index (χ3n) is 3.91. The predicted molar refractivity (Wildman–Crippen MR) is 69.2 cm³/mol. The average molecular weight is 270 g/mol. The van der Waals surface area contributed by atoms with Crippen LogP contribution in [0.3, 0.4) is 0 Å². The second-order valence-electron chi connectivity index (χ2n) is 5.28. The maximum Gasteiger partial charge on any atom is 0.123 e. The van der Waals surface area contributed by atoms with Crippen LogP contribution in [0.2, 0.25) is 5.02 Å². The van der Waals surface area contributed by atoms with Crippen LogP contribution in [0.25, 0.3) is 0 Å². The van der Waals surface area contributed by atoms with Gasteiger partial charge in [-0.2, -0.15) is 0 Å². The van der Waals surface area contributed by atoms with E-state index in [4.69, 9.17) is 16.3 Å². The molecule has 2 unspecified atom stereocenters. The molecule has 4 heteroatoms. The Morgan fingerprint density at radius 3 is 2.72 bits per heavy atom. The third-order valence-corrected chi connectivity index (χ3v) is 4.28. The number of piperidine rings is 1. The molecule has 3 rings (SSSR count). The van der Waals surface area contributed by atoms with Gasteiger partial charge < -0.3 is 10.1 Å². The lowest BCUT2D eigenvalue weighted by Gasteiger charge is -2.29. The molecule has 0 spiro atoms. The van der Waals surface area contributed by atoms with Gasteiger partial charge in [0.05, 0.1) is 12.7 Å². The lowest BCUT2D eigenvalue weighted by atomic mass is 10.0. The van der Waals surface area contributed by atoms with Crippen LogP contribution >= 0.6 is 11.6 Å². The van der Waals surface area contributed by atoms with Gasteiger partial charge in [0.15, 0.2) is 0 Å². The first-order valence-corrected chi connectivity index (χ1v) is 6.90. The van der Waals surface area contributed by atoms with Crippen LogP contribution in [0, 0.1) is 5.82 Å². The van der Waals surface area contributed by atoms with Crippen LogP contribution in [-0.4, -0.2) is 18.2 Å². The highest BCUT2D eigenvalue weighted by atomic mass is 35.5.